The number of amides is 1. The molecule has 1 fully saturated rings. The molecule has 0 heterocycles. The van der Waals surface area contributed by atoms with Gasteiger partial charge in [0.25, 0.3) is 0 Å². The van der Waals surface area contributed by atoms with Crippen molar-refractivity contribution >= 4 is 49.0 Å². The maximum absolute atomic E-state index is 14.1. The van der Waals surface area contributed by atoms with Gasteiger partial charge >= 0.3 is 0 Å². The fourth-order valence-electron chi connectivity index (χ4n) is 3.24. The maximum atomic E-state index is 14.1. The number of sulfone groups is 1. The van der Waals surface area contributed by atoms with E-state index in [0.717, 1.165) is 4.47 Å². The number of carbonyl (C=O) groups excluding carboxylic acids is 1. The van der Waals surface area contributed by atoms with Crippen LogP contribution in [0.1, 0.15) is 25.7 Å². The molecule has 0 atom stereocenters. The van der Waals surface area contributed by atoms with Crippen LogP contribution in [0.15, 0.2) is 51.8 Å². The third-order valence-corrected chi connectivity index (χ3v) is 8.00. The summed E-state index contributed by atoms with van der Waals surface area (Å²) in [6.07, 6.45) is 1.61. The Bertz CT molecular complexity index is 941. The van der Waals surface area contributed by atoms with Gasteiger partial charge in [0.15, 0.2) is 20.4 Å². The zero-order chi connectivity index (χ0) is 18.9. The first-order chi connectivity index (χ1) is 12.3. The van der Waals surface area contributed by atoms with Crippen molar-refractivity contribution in [3.05, 3.63) is 57.8 Å². The van der Waals surface area contributed by atoms with Crippen molar-refractivity contribution in [1.29, 1.82) is 0 Å². The molecule has 2 aromatic rings. The summed E-state index contributed by atoms with van der Waals surface area (Å²) in [5.74, 6) is -1.50. The maximum Gasteiger partial charge on any atom is 0.246 e. The van der Waals surface area contributed by atoms with Crippen molar-refractivity contribution in [2.75, 3.05) is 5.32 Å². The molecule has 1 N–H and O–H groups in total. The molecule has 0 spiro atoms. The monoisotopic (exact) mass is 459 g/mol. The van der Waals surface area contributed by atoms with E-state index in [4.69, 9.17) is 11.6 Å². The SMILES string of the molecule is O=C(Nc1cccc(Cl)c1F)C1(S(=O)(=O)c2ccc(Br)cc2)CCCC1. The number of rotatable bonds is 4. The lowest BCUT2D eigenvalue weighted by atomic mass is 10.1. The smallest absolute Gasteiger partial charge is 0.246 e. The van der Waals surface area contributed by atoms with Crippen LogP contribution < -0.4 is 5.32 Å². The molecule has 3 rings (SSSR count). The molecule has 138 valence electrons. The Morgan fingerprint density at radius 1 is 1.12 bits per heavy atom. The van der Waals surface area contributed by atoms with Gasteiger partial charge in [0.1, 0.15) is 0 Å². The van der Waals surface area contributed by atoms with Gasteiger partial charge in [0.05, 0.1) is 15.6 Å². The third-order valence-electron chi connectivity index (χ3n) is 4.66. The van der Waals surface area contributed by atoms with Crippen molar-refractivity contribution in [3.8, 4) is 0 Å². The van der Waals surface area contributed by atoms with Gasteiger partial charge in [-0.05, 0) is 49.2 Å². The molecule has 1 aliphatic carbocycles. The van der Waals surface area contributed by atoms with E-state index in [1.807, 2.05) is 0 Å². The highest BCUT2D eigenvalue weighted by atomic mass is 79.9. The Balaban J connectivity index is 2.01. The second-order valence-electron chi connectivity index (χ2n) is 6.21. The van der Waals surface area contributed by atoms with Crippen LogP contribution in [0.3, 0.4) is 0 Å². The zero-order valence-corrected chi connectivity index (χ0v) is 16.8. The van der Waals surface area contributed by atoms with E-state index in [0.29, 0.717) is 12.8 Å². The molecule has 1 saturated carbocycles. The Morgan fingerprint density at radius 2 is 1.73 bits per heavy atom. The van der Waals surface area contributed by atoms with Gasteiger partial charge < -0.3 is 5.32 Å². The molecule has 0 radical (unpaired) electrons. The predicted octanol–water partition coefficient (Wildman–Crippen LogP) is 4.97. The zero-order valence-electron chi connectivity index (χ0n) is 13.6. The molecule has 4 nitrogen and oxygen atoms in total. The van der Waals surface area contributed by atoms with E-state index in [1.165, 1.54) is 30.3 Å². The van der Waals surface area contributed by atoms with Crippen LogP contribution in [-0.4, -0.2) is 19.1 Å². The Kier molecular flexibility index (Phi) is 5.42. The molecular formula is C18H16BrClFNO3S. The van der Waals surface area contributed by atoms with Crippen molar-refractivity contribution in [2.45, 2.75) is 35.3 Å². The van der Waals surface area contributed by atoms with E-state index in [9.17, 15) is 17.6 Å². The number of anilines is 1. The lowest BCUT2D eigenvalue weighted by molar-refractivity contribution is -0.118. The summed E-state index contributed by atoms with van der Waals surface area (Å²) in [5, 5.41) is 2.29. The number of halogens is 3. The summed E-state index contributed by atoms with van der Waals surface area (Å²) < 4.78 is 39.8. The molecular weight excluding hydrogens is 445 g/mol. The van der Waals surface area contributed by atoms with Gasteiger partial charge in [0, 0.05) is 4.47 Å². The number of hydrogen-bond donors (Lipinski definition) is 1. The van der Waals surface area contributed by atoms with Crippen molar-refractivity contribution in [1.82, 2.24) is 0 Å². The minimum atomic E-state index is -3.95. The van der Waals surface area contributed by atoms with Crippen LogP contribution in [0, 0.1) is 5.82 Å². The normalized spacial score (nSPS) is 16.4. The lowest BCUT2D eigenvalue weighted by Gasteiger charge is -2.27. The second kappa shape index (κ2) is 7.29. The van der Waals surface area contributed by atoms with Crippen molar-refractivity contribution in [2.24, 2.45) is 0 Å². The van der Waals surface area contributed by atoms with Gasteiger partial charge in [-0.15, -0.1) is 0 Å². The van der Waals surface area contributed by atoms with Crippen LogP contribution in [0.25, 0.3) is 0 Å². The largest absolute Gasteiger partial charge is 0.322 e. The average Bonchev–Trinajstić information content (AvgIpc) is 3.11. The highest BCUT2D eigenvalue weighted by Crippen LogP contribution is 2.42. The first kappa shape index (κ1) is 19.3. The average molecular weight is 461 g/mol. The minimum Gasteiger partial charge on any atom is -0.322 e. The van der Waals surface area contributed by atoms with E-state index < -0.39 is 26.3 Å². The van der Waals surface area contributed by atoms with Gasteiger partial charge in [-0.3, -0.25) is 4.79 Å². The Hall–Kier alpha value is -1.44. The van der Waals surface area contributed by atoms with Gasteiger partial charge in [-0.1, -0.05) is 46.4 Å². The second-order valence-corrected chi connectivity index (χ2v) is 9.80. The predicted molar refractivity (Wildman–Crippen MR) is 103 cm³/mol. The van der Waals surface area contributed by atoms with Gasteiger partial charge in [-0.2, -0.15) is 0 Å². The van der Waals surface area contributed by atoms with E-state index in [2.05, 4.69) is 21.2 Å². The first-order valence-corrected chi connectivity index (χ1v) is 10.7. The summed E-state index contributed by atoms with van der Waals surface area (Å²) in [6.45, 7) is 0. The summed E-state index contributed by atoms with van der Waals surface area (Å²) in [5.41, 5.74) is -0.125. The van der Waals surface area contributed by atoms with Gasteiger partial charge in [0.2, 0.25) is 5.91 Å². The third kappa shape index (κ3) is 3.28. The molecule has 0 unspecified atom stereocenters. The molecule has 8 heteroatoms. The summed E-state index contributed by atoms with van der Waals surface area (Å²) in [6, 6.07) is 10.4. The number of benzene rings is 2. The molecule has 1 aliphatic rings. The molecule has 0 bridgehead atoms. The van der Waals surface area contributed by atoms with Gasteiger partial charge in [-0.25, -0.2) is 12.8 Å². The molecule has 26 heavy (non-hydrogen) atoms. The molecule has 0 saturated heterocycles. The van der Waals surface area contributed by atoms with Crippen LogP contribution in [0.5, 0.6) is 0 Å². The van der Waals surface area contributed by atoms with Crippen molar-refractivity contribution < 1.29 is 17.6 Å². The topological polar surface area (TPSA) is 63.2 Å². The van der Waals surface area contributed by atoms with Crippen LogP contribution in [0.2, 0.25) is 5.02 Å². The highest BCUT2D eigenvalue weighted by molar-refractivity contribution is 9.10. The highest BCUT2D eigenvalue weighted by Gasteiger charge is 2.53. The lowest BCUT2D eigenvalue weighted by Crippen LogP contribution is -2.47. The minimum absolute atomic E-state index is 0.0734. The van der Waals surface area contributed by atoms with Crippen LogP contribution in [0.4, 0.5) is 10.1 Å². The molecule has 1 amide bonds. The standard InChI is InChI=1S/C18H16BrClFNO3S/c19-12-6-8-13(9-7-12)26(24,25)18(10-1-2-11-18)17(23)22-15-5-3-4-14(20)16(15)21/h3-9H,1-2,10-11H2,(H,22,23). The number of nitrogens with one attached hydrogen (secondary N) is 1. The van der Waals surface area contributed by atoms with Crippen molar-refractivity contribution in [3.63, 3.8) is 0 Å². The van der Waals surface area contributed by atoms with E-state index in [-0.39, 0.29) is 28.4 Å². The molecule has 0 aliphatic heterocycles. The summed E-state index contributed by atoms with van der Waals surface area (Å²) in [4.78, 5) is 13.1. The van der Waals surface area contributed by atoms with E-state index in [1.54, 1.807) is 12.1 Å². The van der Waals surface area contributed by atoms with E-state index >= 15 is 0 Å². The van der Waals surface area contributed by atoms with Crippen LogP contribution >= 0.6 is 27.5 Å². The number of carbonyl (C=O) groups is 1. The number of hydrogen-bond acceptors (Lipinski definition) is 3. The first-order valence-electron chi connectivity index (χ1n) is 8.04. The molecule has 0 aromatic heterocycles. The fraction of sp³-hybridized carbons (Fsp3) is 0.278. The Labute approximate surface area is 164 Å². The quantitative estimate of drug-likeness (QED) is 0.701. The summed E-state index contributed by atoms with van der Waals surface area (Å²) in [7, 11) is -3.95. The van der Waals surface area contributed by atoms with Crippen LogP contribution in [-0.2, 0) is 14.6 Å². The fourth-order valence-corrected chi connectivity index (χ4v) is 5.75. The Morgan fingerprint density at radius 3 is 2.35 bits per heavy atom. The molecule has 2 aromatic carbocycles. The summed E-state index contributed by atoms with van der Waals surface area (Å²) >= 11 is 9.01.